The average molecular weight is 538 g/mol. The predicted octanol–water partition coefficient (Wildman–Crippen LogP) is 3.16. The molecule has 1 unspecified atom stereocenters. The number of primary amides is 2. The summed E-state index contributed by atoms with van der Waals surface area (Å²) in [5.41, 5.74) is 10.6. The molecule has 12 nitrogen and oxygen atoms in total. The van der Waals surface area contributed by atoms with E-state index in [0.29, 0.717) is 37.5 Å². The minimum Gasteiger partial charge on any atom is -0.489 e. The Morgan fingerprint density at radius 1 is 1.21 bits per heavy atom. The van der Waals surface area contributed by atoms with Crippen molar-refractivity contribution in [2.75, 3.05) is 19.7 Å². The molecule has 1 aliphatic heterocycles. The molecule has 0 spiro atoms. The Morgan fingerprint density at radius 2 is 1.97 bits per heavy atom. The molecule has 206 valence electrons. The van der Waals surface area contributed by atoms with Gasteiger partial charge in [-0.25, -0.2) is 14.6 Å². The van der Waals surface area contributed by atoms with E-state index in [9.17, 15) is 23.2 Å². The van der Waals surface area contributed by atoms with Crippen molar-refractivity contribution in [3.05, 3.63) is 29.7 Å². The van der Waals surface area contributed by atoms with Gasteiger partial charge in [0.2, 0.25) is 5.89 Å². The minimum absolute atomic E-state index is 0.0488. The number of nitrogens with two attached hydrogens (primary N) is 2. The number of halogens is 2. The van der Waals surface area contributed by atoms with Crippen molar-refractivity contribution in [3.8, 4) is 23.0 Å². The van der Waals surface area contributed by atoms with Gasteiger partial charge in [0.1, 0.15) is 0 Å². The summed E-state index contributed by atoms with van der Waals surface area (Å²) < 4.78 is 46.9. The lowest BCUT2D eigenvalue weighted by Gasteiger charge is -2.31. The van der Waals surface area contributed by atoms with Gasteiger partial charge < -0.3 is 40.3 Å². The van der Waals surface area contributed by atoms with E-state index in [4.69, 9.17) is 25.4 Å². The molecule has 2 fully saturated rings. The number of amides is 4. The first kappa shape index (κ1) is 26.9. The molecule has 1 aromatic carbocycles. The number of benzene rings is 1. The fourth-order valence-electron chi connectivity index (χ4n) is 4.11. The Morgan fingerprint density at radius 3 is 2.63 bits per heavy atom. The maximum absolute atomic E-state index is 13.2. The van der Waals surface area contributed by atoms with Crippen molar-refractivity contribution in [3.63, 3.8) is 0 Å². The van der Waals surface area contributed by atoms with Crippen molar-refractivity contribution in [2.45, 2.75) is 51.4 Å². The van der Waals surface area contributed by atoms with Crippen LogP contribution in [0.4, 0.5) is 18.4 Å². The molecule has 1 saturated carbocycles. The van der Waals surface area contributed by atoms with Gasteiger partial charge in [-0.05, 0) is 56.7 Å². The number of urea groups is 1. The number of ether oxygens (including phenoxy) is 3. The van der Waals surface area contributed by atoms with Crippen LogP contribution in [0.2, 0.25) is 0 Å². The Hall–Kier alpha value is -4.10. The Bertz CT molecular complexity index is 1190. The predicted molar refractivity (Wildman–Crippen MR) is 128 cm³/mol. The summed E-state index contributed by atoms with van der Waals surface area (Å²) in [6.45, 7) is -0.557. The minimum atomic E-state index is -3.05. The molecule has 1 saturated heterocycles. The highest BCUT2D eigenvalue weighted by Crippen LogP contribution is 2.37. The molecule has 4 amide bonds. The normalized spacial score (nSPS) is 18.1. The highest BCUT2D eigenvalue weighted by atomic mass is 19.3. The van der Waals surface area contributed by atoms with Gasteiger partial charge in [-0.1, -0.05) is 0 Å². The molecule has 5 N–H and O–H groups in total. The molecule has 2 heterocycles. The summed E-state index contributed by atoms with van der Waals surface area (Å²) in [5, 5.41) is 2.80. The van der Waals surface area contributed by atoms with Crippen molar-refractivity contribution in [1.82, 2.24) is 15.2 Å². The number of aromatic nitrogens is 1. The fraction of sp³-hybridized carbons (Fsp3) is 0.500. The van der Waals surface area contributed by atoms with Gasteiger partial charge in [0, 0.05) is 24.7 Å². The van der Waals surface area contributed by atoms with Crippen LogP contribution < -0.4 is 26.3 Å². The largest absolute Gasteiger partial charge is 0.489 e. The van der Waals surface area contributed by atoms with Crippen molar-refractivity contribution in [2.24, 2.45) is 17.4 Å². The highest BCUT2D eigenvalue weighted by molar-refractivity contribution is 5.94. The lowest BCUT2D eigenvalue weighted by molar-refractivity contribution is -0.0515. The van der Waals surface area contributed by atoms with Gasteiger partial charge in [0.05, 0.1) is 6.61 Å². The van der Waals surface area contributed by atoms with E-state index in [-0.39, 0.29) is 35.4 Å². The van der Waals surface area contributed by atoms with Crippen LogP contribution in [0.3, 0.4) is 0 Å². The maximum Gasteiger partial charge on any atom is 0.405 e. The molecule has 38 heavy (non-hydrogen) atoms. The summed E-state index contributed by atoms with van der Waals surface area (Å²) in [6.07, 6.45) is 1.06. The quantitative estimate of drug-likeness (QED) is 0.415. The topological polar surface area (TPSA) is 172 Å². The summed E-state index contributed by atoms with van der Waals surface area (Å²) in [5.74, 6) is -0.501. The van der Waals surface area contributed by atoms with Crippen LogP contribution in [0.15, 0.2) is 22.6 Å². The zero-order valence-corrected chi connectivity index (χ0v) is 20.7. The van der Waals surface area contributed by atoms with E-state index >= 15 is 0 Å². The number of hydrogen-bond donors (Lipinski definition) is 3. The van der Waals surface area contributed by atoms with Crippen LogP contribution in [0.1, 0.15) is 55.0 Å². The summed E-state index contributed by atoms with van der Waals surface area (Å²) >= 11 is 0. The van der Waals surface area contributed by atoms with Crippen LogP contribution in [0.25, 0.3) is 11.5 Å². The molecular weight excluding hydrogens is 508 g/mol. The first-order valence-electron chi connectivity index (χ1n) is 12.1. The van der Waals surface area contributed by atoms with E-state index < -0.39 is 36.8 Å². The van der Waals surface area contributed by atoms with Gasteiger partial charge in [0.15, 0.2) is 29.1 Å². The second-order valence-corrected chi connectivity index (χ2v) is 9.20. The standard InChI is InChI=1S/C24H29F2N5O7/c1-12(36-24(28)34)19-18(20(32)29-15-3-2-8-31(10-15)23(27)33)30-21(38-19)14-6-7-16(37-22(25)26)17(9-14)35-11-13-4-5-13/h6-7,9,12-13,15,22H,2-5,8,10-11H2,1H3,(H2,27,33)(H2,28,34)(H,29,32)/t12-,15?/m0/s1. The van der Waals surface area contributed by atoms with E-state index in [1.807, 2.05) is 0 Å². The number of nitrogens with zero attached hydrogens (tertiary/aromatic N) is 2. The molecule has 1 aliphatic carbocycles. The number of carbonyl (C=O) groups is 3. The average Bonchev–Trinajstić information content (AvgIpc) is 3.57. The lowest BCUT2D eigenvalue weighted by Crippen LogP contribution is -2.51. The fourth-order valence-corrected chi connectivity index (χ4v) is 4.11. The second kappa shape index (κ2) is 11.5. The number of likely N-dealkylation sites (tertiary alicyclic amines) is 1. The van der Waals surface area contributed by atoms with E-state index in [0.717, 1.165) is 12.8 Å². The van der Waals surface area contributed by atoms with Gasteiger partial charge >= 0.3 is 18.7 Å². The number of rotatable bonds is 10. The zero-order chi connectivity index (χ0) is 27.4. The number of piperidine rings is 1. The van der Waals surface area contributed by atoms with Crippen LogP contribution in [0.5, 0.6) is 11.5 Å². The molecule has 0 bridgehead atoms. The number of nitrogens with one attached hydrogen (secondary N) is 1. The van der Waals surface area contributed by atoms with Gasteiger partial charge in [-0.15, -0.1) is 0 Å². The molecule has 2 aromatic rings. The van der Waals surface area contributed by atoms with E-state index in [1.54, 1.807) is 0 Å². The molecule has 2 atom stereocenters. The van der Waals surface area contributed by atoms with E-state index in [2.05, 4.69) is 15.0 Å². The maximum atomic E-state index is 13.2. The van der Waals surface area contributed by atoms with Gasteiger partial charge in [-0.2, -0.15) is 8.78 Å². The second-order valence-electron chi connectivity index (χ2n) is 9.20. The molecule has 1 aromatic heterocycles. The third-order valence-corrected chi connectivity index (χ3v) is 6.18. The molecule has 4 rings (SSSR count). The Balaban J connectivity index is 1.62. The Kier molecular flexibility index (Phi) is 8.17. The van der Waals surface area contributed by atoms with Crippen molar-refractivity contribution >= 4 is 18.0 Å². The first-order valence-corrected chi connectivity index (χ1v) is 12.1. The zero-order valence-electron chi connectivity index (χ0n) is 20.7. The lowest BCUT2D eigenvalue weighted by atomic mass is 10.1. The number of oxazole rings is 1. The number of hydrogen-bond acceptors (Lipinski definition) is 8. The highest BCUT2D eigenvalue weighted by Gasteiger charge is 2.31. The van der Waals surface area contributed by atoms with Gasteiger partial charge in [0.25, 0.3) is 5.91 Å². The van der Waals surface area contributed by atoms with Crippen molar-refractivity contribution in [1.29, 1.82) is 0 Å². The van der Waals surface area contributed by atoms with Crippen molar-refractivity contribution < 1.29 is 41.8 Å². The third-order valence-electron chi connectivity index (χ3n) is 6.18. The van der Waals surface area contributed by atoms with E-state index in [1.165, 1.54) is 30.0 Å². The van der Waals surface area contributed by atoms with Crippen LogP contribution in [-0.4, -0.2) is 60.3 Å². The summed E-state index contributed by atoms with van der Waals surface area (Å²) in [4.78, 5) is 41.8. The first-order chi connectivity index (χ1) is 18.1. The summed E-state index contributed by atoms with van der Waals surface area (Å²) in [6, 6.07) is 3.15. The van der Waals surface area contributed by atoms with Gasteiger partial charge in [-0.3, -0.25) is 4.79 Å². The number of alkyl halides is 2. The third kappa shape index (κ3) is 6.81. The SMILES string of the molecule is C[C@H](OC(N)=O)c1oc(-c2ccc(OC(F)F)c(OCC3CC3)c2)nc1C(=O)NC1CCCN(C(N)=O)C1. The Labute approximate surface area is 216 Å². The van der Waals surface area contributed by atoms with Crippen LogP contribution in [-0.2, 0) is 4.74 Å². The number of carbonyl (C=O) groups excluding carboxylic acids is 3. The molecule has 14 heteroatoms. The molecular formula is C24H29F2N5O7. The van der Waals surface area contributed by atoms with Crippen LogP contribution >= 0.6 is 0 Å². The van der Waals surface area contributed by atoms with Crippen LogP contribution in [0, 0.1) is 5.92 Å². The molecule has 0 radical (unpaired) electrons. The smallest absolute Gasteiger partial charge is 0.405 e. The molecule has 2 aliphatic rings. The monoisotopic (exact) mass is 537 g/mol. The summed E-state index contributed by atoms with van der Waals surface area (Å²) in [7, 11) is 0.